The van der Waals surface area contributed by atoms with E-state index in [0.29, 0.717) is 13.1 Å². The van der Waals surface area contributed by atoms with E-state index >= 15 is 0 Å². The smallest absolute Gasteiger partial charge is 0.314 e. The molecule has 0 atom stereocenters. The molecule has 0 radical (unpaired) electrons. The first-order valence-electron chi connectivity index (χ1n) is 4.88. The Morgan fingerprint density at radius 3 is 2.27 bits per heavy atom. The average molecular weight is 269 g/mol. The molecule has 2 amide bonds. The first kappa shape index (κ1) is 10.5. The zero-order valence-corrected chi connectivity index (χ0v) is 10.1. The number of benzene rings is 1. The Balaban J connectivity index is 2.22. The van der Waals surface area contributed by atoms with Crippen molar-refractivity contribution in [2.45, 2.75) is 12.3 Å². The maximum Gasteiger partial charge on any atom is 0.314 e. The summed E-state index contributed by atoms with van der Waals surface area (Å²) in [6, 6.07) is 8.14. The molecule has 3 nitrogen and oxygen atoms in total. The van der Waals surface area contributed by atoms with Gasteiger partial charge in [-0.25, -0.2) is 4.79 Å². The third-order valence-corrected chi connectivity index (χ3v) is 3.35. The summed E-state index contributed by atoms with van der Waals surface area (Å²) in [5.74, 6) is 0. The molecule has 1 fully saturated rings. The second-order valence-electron chi connectivity index (χ2n) is 4.10. The van der Waals surface area contributed by atoms with Crippen LogP contribution in [0, 0.1) is 0 Å². The summed E-state index contributed by atoms with van der Waals surface area (Å²) in [6.45, 7) is 3.50. The highest BCUT2D eigenvalue weighted by atomic mass is 79.9. The number of nitrogens with one attached hydrogen (secondary N) is 2. The van der Waals surface area contributed by atoms with E-state index in [1.807, 2.05) is 12.1 Å². The van der Waals surface area contributed by atoms with Gasteiger partial charge in [-0.15, -0.1) is 0 Å². The van der Waals surface area contributed by atoms with Crippen LogP contribution < -0.4 is 10.6 Å². The SMILES string of the molecule is CC1(c2ccc(Br)cc2)CNC(=O)NC1. The maximum absolute atomic E-state index is 11.0. The van der Waals surface area contributed by atoms with Crippen LogP contribution in [0.2, 0.25) is 0 Å². The first-order chi connectivity index (χ1) is 7.10. The van der Waals surface area contributed by atoms with Crippen LogP contribution in [0.3, 0.4) is 0 Å². The van der Waals surface area contributed by atoms with Crippen molar-refractivity contribution in [3.05, 3.63) is 34.3 Å². The van der Waals surface area contributed by atoms with Gasteiger partial charge in [0, 0.05) is 23.0 Å². The van der Waals surface area contributed by atoms with Crippen molar-refractivity contribution in [3.63, 3.8) is 0 Å². The lowest BCUT2D eigenvalue weighted by Gasteiger charge is -2.34. The predicted octanol–water partition coefficient (Wildman–Crippen LogP) is 2.02. The van der Waals surface area contributed by atoms with Crippen molar-refractivity contribution < 1.29 is 4.79 Å². The van der Waals surface area contributed by atoms with Crippen LogP contribution in [0.5, 0.6) is 0 Å². The molecule has 0 spiro atoms. The number of hydrogen-bond acceptors (Lipinski definition) is 1. The summed E-state index contributed by atoms with van der Waals surface area (Å²) >= 11 is 3.41. The van der Waals surface area contributed by atoms with Gasteiger partial charge in [0.15, 0.2) is 0 Å². The molecule has 0 bridgehead atoms. The topological polar surface area (TPSA) is 41.1 Å². The first-order valence-corrected chi connectivity index (χ1v) is 5.67. The molecule has 0 aromatic heterocycles. The van der Waals surface area contributed by atoms with Gasteiger partial charge in [0.2, 0.25) is 0 Å². The molecule has 1 aromatic carbocycles. The molecule has 2 N–H and O–H groups in total. The van der Waals surface area contributed by atoms with Gasteiger partial charge in [-0.3, -0.25) is 0 Å². The summed E-state index contributed by atoms with van der Waals surface area (Å²) in [5, 5.41) is 5.65. The van der Waals surface area contributed by atoms with Crippen LogP contribution in [0.4, 0.5) is 4.79 Å². The van der Waals surface area contributed by atoms with Crippen LogP contribution in [0.1, 0.15) is 12.5 Å². The number of carbonyl (C=O) groups is 1. The van der Waals surface area contributed by atoms with Crippen LogP contribution in [0.15, 0.2) is 28.7 Å². The third kappa shape index (κ3) is 2.15. The molecule has 1 saturated heterocycles. The standard InChI is InChI=1S/C11H13BrN2O/c1-11(6-13-10(15)14-7-11)8-2-4-9(12)5-3-8/h2-5H,6-7H2,1H3,(H2,13,14,15). The fourth-order valence-corrected chi connectivity index (χ4v) is 2.00. The van der Waals surface area contributed by atoms with Crippen molar-refractivity contribution in [2.75, 3.05) is 13.1 Å². The van der Waals surface area contributed by atoms with E-state index in [9.17, 15) is 4.79 Å². The monoisotopic (exact) mass is 268 g/mol. The molecule has 1 heterocycles. The van der Waals surface area contributed by atoms with E-state index in [4.69, 9.17) is 0 Å². The van der Waals surface area contributed by atoms with Gasteiger partial charge in [0.05, 0.1) is 0 Å². The molecular weight excluding hydrogens is 256 g/mol. The molecule has 0 saturated carbocycles. The Morgan fingerprint density at radius 2 is 1.73 bits per heavy atom. The van der Waals surface area contributed by atoms with Gasteiger partial charge >= 0.3 is 6.03 Å². The molecule has 0 aliphatic carbocycles. The van der Waals surface area contributed by atoms with Gasteiger partial charge in [-0.2, -0.15) is 0 Å². The van der Waals surface area contributed by atoms with E-state index in [-0.39, 0.29) is 11.4 Å². The fourth-order valence-electron chi connectivity index (χ4n) is 1.73. The van der Waals surface area contributed by atoms with E-state index in [1.54, 1.807) is 0 Å². The highest BCUT2D eigenvalue weighted by Crippen LogP contribution is 2.25. The van der Waals surface area contributed by atoms with Crippen molar-refractivity contribution in [2.24, 2.45) is 0 Å². The minimum Gasteiger partial charge on any atom is -0.337 e. The van der Waals surface area contributed by atoms with E-state index in [1.165, 1.54) is 5.56 Å². The lowest BCUT2D eigenvalue weighted by molar-refractivity contribution is 0.225. The molecule has 1 aromatic rings. The van der Waals surface area contributed by atoms with Gasteiger partial charge in [0.1, 0.15) is 0 Å². The molecule has 4 heteroatoms. The molecular formula is C11H13BrN2O. The molecule has 80 valence electrons. The summed E-state index contributed by atoms with van der Waals surface area (Å²) in [6.07, 6.45) is 0. The summed E-state index contributed by atoms with van der Waals surface area (Å²) in [7, 11) is 0. The van der Waals surface area contributed by atoms with Crippen molar-refractivity contribution >= 4 is 22.0 Å². The van der Waals surface area contributed by atoms with E-state index in [2.05, 4.69) is 45.6 Å². The van der Waals surface area contributed by atoms with Gasteiger partial charge < -0.3 is 10.6 Å². The second kappa shape index (κ2) is 3.85. The number of carbonyl (C=O) groups excluding carboxylic acids is 1. The second-order valence-corrected chi connectivity index (χ2v) is 5.02. The minimum absolute atomic E-state index is 0.0192. The summed E-state index contributed by atoms with van der Waals surface area (Å²) < 4.78 is 1.07. The molecule has 0 unspecified atom stereocenters. The Kier molecular flexibility index (Phi) is 2.69. The van der Waals surface area contributed by atoms with Gasteiger partial charge in [-0.1, -0.05) is 35.0 Å². The Morgan fingerprint density at radius 1 is 1.20 bits per heavy atom. The number of urea groups is 1. The Labute approximate surface area is 97.4 Å². The lowest BCUT2D eigenvalue weighted by Crippen LogP contribution is -2.55. The largest absolute Gasteiger partial charge is 0.337 e. The molecule has 2 rings (SSSR count). The quantitative estimate of drug-likeness (QED) is 0.804. The lowest BCUT2D eigenvalue weighted by atomic mass is 9.81. The van der Waals surface area contributed by atoms with Gasteiger partial charge in [0.25, 0.3) is 0 Å². The average Bonchev–Trinajstić information content (AvgIpc) is 2.24. The fraction of sp³-hybridized carbons (Fsp3) is 0.364. The Hall–Kier alpha value is -1.03. The number of amides is 2. The number of rotatable bonds is 1. The minimum atomic E-state index is -0.0791. The molecule has 1 aliphatic heterocycles. The maximum atomic E-state index is 11.0. The summed E-state index contributed by atoms with van der Waals surface area (Å²) in [5.41, 5.74) is 1.22. The zero-order chi connectivity index (χ0) is 10.9. The highest BCUT2D eigenvalue weighted by molar-refractivity contribution is 9.10. The number of hydrogen-bond donors (Lipinski definition) is 2. The zero-order valence-electron chi connectivity index (χ0n) is 8.51. The Bertz CT molecular complexity index is 365. The third-order valence-electron chi connectivity index (χ3n) is 2.82. The van der Waals surface area contributed by atoms with E-state index < -0.39 is 0 Å². The van der Waals surface area contributed by atoms with Gasteiger partial charge in [-0.05, 0) is 17.7 Å². The van der Waals surface area contributed by atoms with Crippen LogP contribution in [-0.2, 0) is 5.41 Å². The molecule has 15 heavy (non-hydrogen) atoms. The predicted molar refractivity (Wildman–Crippen MR) is 62.9 cm³/mol. The van der Waals surface area contributed by atoms with Crippen LogP contribution >= 0.6 is 15.9 Å². The normalized spacial score (nSPS) is 19.2. The van der Waals surface area contributed by atoms with Crippen LogP contribution in [0.25, 0.3) is 0 Å². The number of halogens is 1. The van der Waals surface area contributed by atoms with Crippen molar-refractivity contribution in [1.29, 1.82) is 0 Å². The van der Waals surface area contributed by atoms with Crippen molar-refractivity contribution in [1.82, 2.24) is 10.6 Å². The molecule has 1 aliphatic rings. The highest BCUT2D eigenvalue weighted by Gasteiger charge is 2.31. The summed E-state index contributed by atoms with van der Waals surface area (Å²) in [4.78, 5) is 11.0. The van der Waals surface area contributed by atoms with Crippen molar-refractivity contribution in [3.8, 4) is 0 Å². The van der Waals surface area contributed by atoms with E-state index in [0.717, 1.165) is 4.47 Å². The van der Waals surface area contributed by atoms with Crippen LogP contribution in [-0.4, -0.2) is 19.1 Å².